The van der Waals surface area contributed by atoms with E-state index in [1.54, 1.807) is 4.90 Å². The molecule has 0 aromatic heterocycles. The number of nitrogens with zero attached hydrogens (tertiary/aromatic N) is 1. The Balaban J connectivity index is 2.84. The second-order valence-corrected chi connectivity index (χ2v) is 4.53. The van der Waals surface area contributed by atoms with E-state index in [1.807, 2.05) is 0 Å². The molecule has 1 aliphatic heterocycles. The van der Waals surface area contributed by atoms with Crippen molar-refractivity contribution < 1.29 is 9.59 Å². The summed E-state index contributed by atoms with van der Waals surface area (Å²) in [5.74, 6) is 0.193. The van der Waals surface area contributed by atoms with Gasteiger partial charge in [0.1, 0.15) is 6.04 Å². The average molecular weight is 224 g/mol. The van der Waals surface area contributed by atoms with Gasteiger partial charge in [0.25, 0.3) is 0 Å². The van der Waals surface area contributed by atoms with Crippen molar-refractivity contribution in [3.8, 4) is 0 Å². The lowest BCUT2D eigenvalue weighted by Crippen LogP contribution is -2.47. The highest BCUT2D eigenvalue weighted by molar-refractivity contribution is 5.92. The summed E-state index contributed by atoms with van der Waals surface area (Å²) in [6, 6.07) is -0.340. The summed E-state index contributed by atoms with van der Waals surface area (Å²) in [7, 11) is 0. The third-order valence-corrected chi connectivity index (χ3v) is 2.71. The first-order valence-electron chi connectivity index (χ1n) is 5.77. The van der Waals surface area contributed by atoms with E-state index in [9.17, 15) is 9.59 Å². The van der Waals surface area contributed by atoms with Gasteiger partial charge in [-0.25, -0.2) is 0 Å². The number of amides is 2. The largest absolute Gasteiger partial charge is 0.354 e. The third-order valence-electron chi connectivity index (χ3n) is 2.71. The van der Waals surface area contributed by atoms with Gasteiger partial charge in [0.05, 0.1) is 0 Å². The van der Waals surface area contributed by atoms with Crippen LogP contribution in [0, 0.1) is 5.92 Å². The molecule has 0 aromatic carbocycles. The Morgan fingerprint density at radius 2 is 2.38 bits per heavy atom. The van der Waals surface area contributed by atoms with Crippen LogP contribution in [0.3, 0.4) is 0 Å². The Morgan fingerprint density at radius 3 is 2.94 bits per heavy atom. The average Bonchev–Trinajstić information content (AvgIpc) is 2.41. The van der Waals surface area contributed by atoms with E-state index in [-0.39, 0.29) is 17.9 Å². The molecule has 16 heavy (non-hydrogen) atoms. The van der Waals surface area contributed by atoms with Crippen LogP contribution in [0.15, 0.2) is 12.7 Å². The lowest BCUT2D eigenvalue weighted by molar-refractivity contribution is -0.136. The maximum Gasteiger partial charge on any atom is 0.246 e. The number of carbonyl (C=O) groups is 2. The van der Waals surface area contributed by atoms with Gasteiger partial charge in [-0.2, -0.15) is 0 Å². The first kappa shape index (κ1) is 12.7. The molecule has 1 fully saturated rings. The summed E-state index contributed by atoms with van der Waals surface area (Å²) in [6.07, 6.45) is 2.79. The van der Waals surface area contributed by atoms with Gasteiger partial charge in [0.2, 0.25) is 11.8 Å². The molecule has 0 aliphatic carbocycles. The van der Waals surface area contributed by atoms with Gasteiger partial charge < -0.3 is 10.2 Å². The van der Waals surface area contributed by atoms with Crippen LogP contribution >= 0.6 is 0 Å². The van der Waals surface area contributed by atoms with Crippen LogP contribution in [-0.4, -0.2) is 35.8 Å². The van der Waals surface area contributed by atoms with Crippen molar-refractivity contribution in [3.63, 3.8) is 0 Å². The van der Waals surface area contributed by atoms with Crippen molar-refractivity contribution >= 4 is 11.8 Å². The summed E-state index contributed by atoms with van der Waals surface area (Å²) in [5, 5.41) is 2.84. The molecule has 90 valence electrons. The van der Waals surface area contributed by atoms with Gasteiger partial charge in [-0.3, -0.25) is 9.59 Å². The van der Waals surface area contributed by atoms with Gasteiger partial charge in [0.15, 0.2) is 0 Å². The fourth-order valence-electron chi connectivity index (χ4n) is 1.94. The quantitative estimate of drug-likeness (QED) is 0.725. The lowest BCUT2D eigenvalue weighted by Gasteiger charge is -2.28. The molecular weight excluding hydrogens is 204 g/mol. The van der Waals surface area contributed by atoms with Gasteiger partial charge in [-0.05, 0) is 24.8 Å². The van der Waals surface area contributed by atoms with Crippen molar-refractivity contribution in [2.45, 2.75) is 32.7 Å². The number of hydrogen-bond acceptors (Lipinski definition) is 2. The molecule has 0 saturated carbocycles. The van der Waals surface area contributed by atoms with E-state index < -0.39 is 0 Å². The van der Waals surface area contributed by atoms with E-state index in [0.717, 1.165) is 6.42 Å². The Bertz CT molecular complexity index is 287. The van der Waals surface area contributed by atoms with Crippen molar-refractivity contribution in [1.29, 1.82) is 0 Å². The summed E-state index contributed by atoms with van der Waals surface area (Å²) in [4.78, 5) is 25.2. The second kappa shape index (κ2) is 5.68. The van der Waals surface area contributed by atoms with Crippen molar-refractivity contribution in [2.24, 2.45) is 5.92 Å². The zero-order valence-corrected chi connectivity index (χ0v) is 10.0. The van der Waals surface area contributed by atoms with Gasteiger partial charge >= 0.3 is 0 Å². The molecule has 1 saturated heterocycles. The van der Waals surface area contributed by atoms with E-state index in [0.29, 0.717) is 25.4 Å². The van der Waals surface area contributed by atoms with E-state index in [1.165, 1.54) is 6.08 Å². The Kier molecular flexibility index (Phi) is 4.52. The normalized spacial score (nSPS) is 21.6. The predicted molar refractivity (Wildman–Crippen MR) is 62.8 cm³/mol. The Hall–Kier alpha value is -1.32. The summed E-state index contributed by atoms with van der Waals surface area (Å²) in [5.41, 5.74) is 0. The van der Waals surface area contributed by atoms with Gasteiger partial charge in [-0.1, -0.05) is 20.4 Å². The highest BCUT2D eigenvalue weighted by atomic mass is 16.2. The first-order chi connectivity index (χ1) is 7.56. The molecule has 0 aromatic rings. The fourth-order valence-corrected chi connectivity index (χ4v) is 1.94. The summed E-state index contributed by atoms with van der Waals surface area (Å²) in [6.45, 7) is 8.86. The number of nitrogens with one attached hydrogen (secondary N) is 1. The summed E-state index contributed by atoms with van der Waals surface area (Å²) < 4.78 is 0. The van der Waals surface area contributed by atoms with E-state index in [2.05, 4.69) is 25.7 Å². The maximum atomic E-state index is 11.8. The molecule has 1 unspecified atom stereocenters. The zero-order chi connectivity index (χ0) is 12.1. The highest BCUT2D eigenvalue weighted by Crippen LogP contribution is 2.15. The molecular formula is C12H20N2O2. The van der Waals surface area contributed by atoms with Crippen LogP contribution in [0.1, 0.15) is 26.7 Å². The molecule has 1 rings (SSSR count). The monoisotopic (exact) mass is 224 g/mol. The highest BCUT2D eigenvalue weighted by Gasteiger charge is 2.30. The molecule has 1 atom stereocenters. The van der Waals surface area contributed by atoms with Crippen LogP contribution in [0.2, 0.25) is 0 Å². The molecule has 0 bridgehead atoms. The van der Waals surface area contributed by atoms with Gasteiger partial charge in [-0.15, -0.1) is 0 Å². The summed E-state index contributed by atoms with van der Waals surface area (Å²) >= 11 is 0. The van der Waals surface area contributed by atoms with Crippen LogP contribution in [0.25, 0.3) is 0 Å². The second-order valence-electron chi connectivity index (χ2n) is 4.53. The van der Waals surface area contributed by atoms with Crippen LogP contribution < -0.4 is 5.32 Å². The molecule has 0 spiro atoms. The zero-order valence-electron chi connectivity index (χ0n) is 10.0. The Labute approximate surface area is 96.7 Å². The molecule has 1 heterocycles. The number of hydrogen-bond donors (Lipinski definition) is 1. The minimum absolute atomic E-state index is 0.0404. The number of carbonyl (C=O) groups excluding carboxylic acids is 2. The molecule has 4 nitrogen and oxygen atoms in total. The van der Waals surface area contributed by atoms with E-state index >= 15 is 0 Å². The smallest absolute Gasteiger partial charge is 0.246 e. The van der Waals surface area contributed by atoms with E-state index in [4.69, 9.17) is 0 Å². The maximum absolute atomic E-state index is 11.8. The van der Waals surface area contributed by atoms with Crippen molar-refractivity contribution in [1.82, 2.24) is 10.2 Å². The SMILES string of the molecule is C=CC(=O)N1CCCNC(=O)C1CC(C)C. The topological polar surface area (TPSA) is 49.4 Å². The molecule has 1 aliphatic rings. The predicted octanol–water partition coefficient (Wildman–Crippen LogP) is 0.936. The van der Waals surface area contributed by atoms with Gasteiger partial charge in [0, 0.05) is 13.1 Å². The Morgan fingerprint density at radius 1 is 1.69 bits per heavy atom. The molecule has 1 N–H and O–H groups in total. The minimum atomic E-state index is -0.340. The van der Waals surface area contributed by atoms with Crippen LogP contribution in [0.5, 0.6) is 0 Å². The third kappa shape index (κ3) is 3.08. The fraction of sp³-hybridized carbons (Fsp3) is 0.667. The van der Waals surface area contributed by atoms with Crippen molar-refractivity contribution in [2.75, 3.05) is 13.1 Å². The molecule has 4 heteroatoms. The van der Waals surface area contributed by atoms with Crippen LogP contribution in [-0.2, 0) is 9.59 Å². The lowest BCUT2D eigenvalue weighted by atomic mass is 10.0. The minimum Gasteiger partial charge on any atom is -0.354 e. The first-order valence-corrected chi connectivity index (χ1v) is 5.77. The standard InChI is InChI=1S/C12H20N2O2/c1-4-11(15)14-7-5-6-13-12(16)10(14)8-9(2)3/h4,9-10H,1,5-8H2,2-3H3,(H,13,16). The number of rotatable bonds is 3. The molecule has 0 radical (unpaired) electrons. The van der Waals surface area contributed by atoms with Crippen molar-refractivity contribution in [3.05, 3.63) is 12.7 Å². The molecule has 2 amide bonds. The van der Waals surface area contributed by atoms with Crippen LogP contribution in [0.4, 0.5) is 0 Å².